The smallest absolute Gasteiger partial charge is 0.296 e. The van der Waals surface area contributed by atoms with E-state index in [4.69, 9.17) is 0 Å². The molecule has 0 spiro atoms. The fraction of sp³-hybridized carbons (Fsp3) is 0.727. The van der Waals surface area contributed by atoms with Crippen LogP contribution in [-0.4, -0.2) is 37.5 Å². The maximum atomic E-state index is 11.0. The minimum Gasteiger partial charge on any atom is -0.345 e. The summed E-state index contributed by atoms with van der Waals surface area (Å²) in [5.41, 5.74) is 0. The Labute approximate surface area is 99.7 Å². The molecule has 4 heteroatoms. The molecule has 1 fully saturated rings. The number of nitrogens with one attached hydrogen (secondary N) is 1. The molecule has 0 aliphatic carbocycles. The zero-order chi connectivity index (χ0) is 11.1. The first-order chi connectivity index (χ1) is 7.22. The summed E-state index contributed by atoms with van der Waals surface area (Å²) >= 11 is 2.90. The lowest BCUT2D eigenvalue weighted by Gasteiger charge is -2.28. The van der Waals surface area contributed by atoms with E-state index >= 15 is 0 Å². The second-order valence-electron chi connectivity index (χ2n) is 4.01. The van der Waals surface area contributed by atoms with Crippen molar-refractivity contribution >= 4 is 21.8 Å². The molecule has 0 aromatic carbocycles. The number of carbonyl (C=O) groups excluding carboxylic acids is 1. The van der Waals surface area contributed by atoms with Gasteiger partial charge < -0.3 is 10.2 Å². The highest BCUT2D eigenvalue weighted by molar-refractivity contribution is 9.12. The molecular weight excluding hydrogens is 256 g/mol. The zero-order valence-electron chi connectivity index (χ0n) is 9.05. The Kier molecular flexibility index (Phi) is 5.74. The van der Waals surface area contributed by atoms with Gasteiger partial charge in [0.05, 0.1) is 0 Å². The van der Waals surface area contributed by atoms with E-state index in [0.717, 1.165) is 18.9 Å². The second kappa shape index (κ2) is 6.86. The predicted octanol–water partition coefficient (Wildman–Crippen LogP) is 1.19. The van der Waals surface area contributed by atoms with Crippen LogP contribution in [0.15, 0.2) is 0 Å². The molecule has 15 heavy (non-hydrogen) atoms. The quantitative estimate of drug-likeness (QED) is 0.783. The van der Waals surface area contributed by atoms with Crippen molar-refractivity contribution in [2.24, 2.45) is 5.92 Å². The first-order valence-electron chi connectivity index (χ1n) is 5.30. The summed E-state index contributed by atoms with van der Waals surface area (Å²) in [6, 6.07) is 0. The molecule has 1 N–H and O–H groups in total. The van der Waals surface area contributed by atoms with Gasteiger partial charge in [-0.25, -0.2) is 0 Å². The van der Waals surface area contributed by atoms with Crippen molar-refractivity contribution in [3.8, 4) is 10.8 Å². The number of piperidine rings is 1. The van der Waals surface area contributed by atoms with Crippen LogP contribution in [0.4, 0.5) is 0 Å². The molecule has 0 radical (unpaired) electrons. The Balaban J connectivity index is 2.09. The Morgan fingerprint density at radius 2 is 2.20 bits per heavy atom. The van der Waals surface area contributed by atoms with Gasteiger partial charge in [0.25, 0.3) is 5.91 Å². The van der Waals surface area contributed by atoms with Crippen LogP contribution in [-0.2, 0) is 4.79 Å². The van der Waals surface area contributed by atoms with Crippen molar-refractivity contribution in [1.82, 2.24) is 10.2 Å². The van der Waals surface area contributed by atoms with Crippen molar-refractivity contribution in [2.45, 2.75) is 19.3 Å². The van der Waals surface area contributed by atoms with Crippen molar-refractivity contribution in [1.29, 1.82) is 0 Å². The van der Waals surface area contributed by atoms with Crippen LogP contribution < -0.4 is 5.32 Å². The van der Waals surface area contributed by atoms with Gasteiger partial charge in [-0.2, -0.15) is 0 Å². The summed E-state index contributed by atoms with van der Waals surface area (Å²) in [7, 11) is 2.16. The van der Waals surface area contributed by atoms with Crippen molar-refractivity contribution in [2.75, 3.05) is 26.7 Å². The third-order valence-electron chi connectivity index (χ3n) is 2.84. The SMILES string of the molecule is CN1CCC(CCNC(=O)C#CBr)CC1. The average Bonchev–Trinajstić information content (AvgIpc) is 2.21. The lowest BCUT2D eigenvalue weighted by molar-refractivity contribution is -0.115. The molecule has 1 rings (SSSR count). The number of hydrogen-bond donors (Lipinski definition) is 1. The van der Waals surface area contributed by atoms with E-state index in [1.165, 1.54) is 25.9 Å². The maximum absolute atomic E-state index is 11.0. The summed E-state index contributed by atoms with van der Waals surface area (Å²) in [6.07, 6.45) is 3.57. The largest absolute Gasteiger partial charge is 0.345 e. The highest BCUT2D eigenvalue weighted by Gasteiger charge is 2.15. The lowest BCUT2D eigenvalue weighted by atomic mass is 9.94. The first kappa shape index (κ1) is 12.5. The number of hydrogen-bond acceptors (Lipinski definition) is 2. The summed E-state index contributed by atoms with van der Waals surface area (Å²) < 4.78 is 0. The van der Waals surface area contributed by atoms with Crippen molar-refractivity contribution < 1.29 is 4.79 Å². The lowest BCUT2D eigenvalue weighted by Crippen LogP contribution is -2.32. The minimum atomic E-state index is -0.195. The third kappa shape index (κ3) is 5.19. The number of carbonyl (C=O) groups is 1. The van der Waals surface area contributed by atoms with Gasteiger partial charge in [0.1, 0.15) is 0 Å². The Morgan fingerprint density at radius 1 is 1.53 bits per heavy atom. The molecule has 0 atom stereocenters. The molecule has 1 saturated heterocycles. The summed E-state index contributed by atoms with van der Waals surface area (Å²) in [6.45, 7) is 3.11. The van der Waals surface area contributed by atoms with E-state index < -0.39 is 0 Å². The van der Waals surface area contributed by atoms with Crippen LogP contribution in [0, 0.1) is 16.7 Å². The molecule has 1 heterocycles. The monoisotopic (exact) mass is 272 g/mol. The van der Waals surface area contributed by atoms with E-state index in [2.05, 4.69) is 43.9 Å². The first-order valence-corrected chi connectivity index (χ1v) is 6.09. The number of likely N-dealkylation sites (tertiary alicyclic amines) is 1. The highest BCUT2D eigenvalue weighted by Crippen LogP contribution is 2.18. The van der Waals surface area contributed by atoms with Crippen LogP contribution in [0.3, 0.4) is 0 Å². The number of rotatable bonds is 3. The zero-order valence-corrected chi connectivity index (χ0v) is 10.6. The van der Waals surface area contributed by atoms with Crippen LogP contribution in [0.25, 0.3) is 0 Å². The molecule has 0 aromatic rings. The summed E-state index contributed by atoms with van der Waals surface area (Å²) in [5.74, 6) is 2.97. The van der Waals surface area contributed by atoms with Gasteiger partial charge >= 0.3 is 0 Å². The van der Waals surface area contributed by atoms with E-state index in [-0.39, 0.29) is 5.91 Å². The standard InChI is InChI=1S/C11H17BrN2O/c1-14-8-4-10(5-9-14)3-7-13-11(15)2-6-12/h10H,3-5,7-9H2,1H3,(H,13,15). The number of amides is 1. The molecule has 0 unspecified atom stereocenters. The number of halogens is 1. The van der Waals surface area contributed by atoms with Crippen molar-refractivity contribution in [3.63, 3.8) is 0 Å². The molecular formula is C11H17BrN2O. The number of nitrogens with zero attached hydrogens (tertiary/aromatic N) is 1. The van der Waals surface area contributed by atoms with Crippen LogP contribution in [0.1, 0.15) is 19.3 Å². The Hall–Kier alpha value is -0.530. The van der Waals surface area contributed by atoms with Gasteiger partial charge in [-0.15, -0.1) is 0 Å². The Morgan fingerprint density at radius 3 is 2.80 bits per heavy atom. The van der Waals surface area contributed by atoms with Crippen LogP contribution >= 0.6 is 15.9 Å². The van der Waals surface area contributed by atoms with E-state index in [1.807, 2.05) is 0 Å². The average molecular weight is 273 g/mol. The Bertz CT molecular complexity index is 261. The van der Waals surface area contributed by atoms with Gasteiger partial charge in [0.15, 0.2) is 0 Å². The molecule has 3 nitrogen and oxygen atoms in total. The minimum absolute atomic E-state index is 0.195. The van der Waals surface area contributed by atoms with Gasteiger partial charge in [0.2, 0.25) is 0 Å². The van der Waals surface area contributed by atoms with Gasteiger partial charge in [-0.3, -0.25) is 4.79 Å². The second-order valence-corrected chi connectivity index (χ2v) is 4.41. The maximum Gasteiger partial charge on any atom is 0.296 e. The fourth-order valence-electron chi connectivity index (χ4n) is 1.83. The van der Waals surface area contributed by atoms with E-state index in [9.17, 15) is 4.79 Å². The topological polar surface area (TPSA) is 32.3 Å². The molecule has 0 aromatic heterocycles. The van der Waals surface area contributed by atoms with Gasteiger partial charge in [0, 0.05) is 28.4 Å². The molecule has 84 valence electrons. The molecule has 1 amide bonds. The summed E-state index contributed by atoms with van der Waals surface area (Å²) in [4.78, 5) is 15.8. The van der Waals surface area contributed by atoms with Crippen LogP contribution in [0.5, 0.6) is 0 Å². The molecule has 0 bridgehead atoms. The van der Waals surface area contributed by atoms with E-state index in [0.29, 0.717) is 0 Å². The molecule has 1 aliphatic heterocycles. The normalized spacial score (nSPS) is 18.0. The van der Waals surface area contributed by atoms with Crippen molar-refractivity contribution in [3.05, 3.63) is 0 Å². The highest BCUT2D eigenvalue weighted by atomic mass is 79.9. The molecule has 0 saturated carbocycles. The van der Waals surface area contributed by atoms with Gasteiger partial charge in [-0.05, 0) is 50.1 Å². The molecule has 1 aliphatic rings. The third-order valence-corrected chi connectivity index (χ3v) is 3.04. The summed E-state index contributed by atoms with van der Waals surface area (Å²) in [5, 5.41) is 2.79. The fourth-order valence-corrected chi connectivity index (χ4v) is 2.01. The van der Waals surface area contributed by atoms with E-state index in [1.54, 1.807) is 0 Å². The van der Waals surface area contributed by atoms with Crippen LogP contribution in [0.2, 0.25) is 0 Å². The predicted molar refractivity (Wildman–Crippen MR) is 64.6 cm³/mol. The van der Waals surface area contributed by atoms with Gasteiger partial charge in [-0.1, -0.05) is 0 Å².